The smallest absolute Gasteiger partial charge is 0.163 e. The Balaban J connectivity index is 2.31. The number of likely N-dealkylation sites (N-methyl/N-ethyl adjacent to an activating group) is 1. The number of ether oxygens (including phenoxy) is 2. The van der Waals surface area contributed by atoms with E-state index in [-0.39, 0.29) is 0 Å². The minimum Gasteiger partial charge on any atom is -0.486 e. The maximum atomic E-state index is 5.56. The van der Waals surface area contributed by atoms with Crippen molar-refractivity contribution in [1.82, 2.24) is 0 Å². The molecule has 2 rings (SSSR count). The SMILES string of the molecule is Cc1cc2c(cc1N(C)CCN)OCCO2. The summed E-state index contributed by atoms with van der Waals surface area (Å²) in [7, 11) is 2.03. The number of hydrogen-bond donors (Lipinski definition) is 1. The molecule has 0 amide bonds. The van der Waals surface area contributed by atoms with Crippen LogP contribution in [-0.2, 0) is 0 Å². The van der Waals surface area contributed by atoms with Crippen molar-refractivity contribution in [3.05, 3.63) is 17.7 Å². The number of benzene rings is 1. The summed E-state index contributed by atoms with van der Waals surface area (Å²) in [6.45, 7) is 4.80. The highest BCUT2D eigenvalue weighted by molar-refractivity contribution is 5.61. The Morgan fingerprint density at radius 1 is 1.25 bits per heavy atom. The molecule has 0 bridgehead atoms. The van der Waals surface area contributed by atoms with Gasteiger partial charge in [0.1, 0.15) is 13.2 Å². The van der Waals surface area contributed by atoms with Crippen LogP contribution in [0.15, 0.2) is 12.1 Å². The number of aryl methyl sites for hydroxylation is 1. The summed E-state index contributed by atoms with van der Waals surface area (Å²) in [5, 5.41) is 0. The van der Waals surface area contributed by atoms with Crippen molar-refractivity contribution >= 4 is 5.69 Å². The molecule has 1 aromatic rings. The van der Waals surface area contributed by atoms with Gasteiger partial charge in [-0.3, -0.25) is 0 Å². The molecule has 1 aliphatic rings. The second kappa shape index (κ2) is 4.61. The fourth-order valence-corrected chi connectivity index (χ4v) is 1.91. The average molecular weight is 222 g/mol. The second-order valence-corrected chi connectivity index (χ2v) is 3.99. The summed E-state index contributed by atoms with van der Waals surface area (Å²) in [6, 6.07) is 4.05. The average Bonchev–Trinajstić information content (AvgIpc) is 2.28. The van der Waals surface area contributed by atoms with E-state index in [2.05, 4.69) is 11.8 Å². The first-order valence-corrected chi connectivity index (χ1v) is 5.54. The third-order valence-electron chi connectivity index (χ3n) is 2.74. The lowest BCUT2D eigenvalue weighted by Crippen LogP contribution is -2.26. The molecule has 0 unspecified atom stereocenters. The van der Waals surface area contributed by atoms with Crippen molar-refractivity contribution in [1.29, 1.82) is 0 Å². The van der Waals surface area contributed by atoms with Crippen molar-refractivity contribution in [3.8, 4) is 11.5 Å². The molecule has 0 aromatic heterocycles. The minimum atomic E-state index is 0.621. The van der Waals surface area contributed by atoms with Gasteiger partial charge >= 0.3 is 0 Å². The highest BCUT2D eigenvalue weighted by Gasteiger charge is 2.15. The van der Waals surface area contributed by atoms with Crippen molar-refractivity contribution < 1.29 is 9.47 Å². The molecule has 0 saturated heterocycles. The molecule has 16 heavy (non-hydrogen) atoms. The van der Waals surface area contributed by atoms with Crippen LogP contribution in [0.25, 0.3) is 0 Å². The van der Waals surface area contributed by atoms with Crippen LogP contribution >= 0.6 is 0 Å². The largest absolute Gasteiger partial charge is 0.486 e. The molecule has 1 aliphatic heterocycles. The van der Waals surface area contributed by atoms with Crippen molar-refractivity contribution in [2.45, 2.75) is 6.92 Å². The Hall–Kier alpha value is -1.42. The monoisotopic (exact) mass is 222 g/mol. The van der Waals surface area contributed by atoms with Crippen molar-refractivity contribution in [3.63, 3.8) is 0 Å². The van der Waals surface area contributed by atoms with Gasteiger partial charge in [0.25, 0.3) is 0 Å². The van der Waals surface area contributed by atoms with E-state index < -0.39 is 0 Å². The van der Waals surface area contributed by atoms with Crippen molar-refractivity contribution in [2.75, 3.05) is 38.3 Å². The number of fused-ring (bicyclic) bond motifs is 1. The lowest BCUT2D eigenvalue weighted by Gasteiger charge is -2.25. The van der Waals surface area contributed by atoms with Gasteiger partial charge in [-0.1, -0.05) is 0 Å². The van der Waals surface area contributed by atoms with E-state index in [0.717, 1.165) is 23.7 Å². The highest BCUT2D eigenvalue weighted by atomic mass is 16.6. The van der Waals surface area contributed by atoms with Crippen LogP contribution in [0.2, 0.25) is 0 Å². The molecule has 4 nitrogen and oxygen atoms in total. The minimum absolute atomic E-state index is 0.621. The summed E-state index contributed by atoms with van der Waals surface area (Å²) < 4.78 is 11.1. The highest BCUT2D eigenvalue weighted by Crippen LogP contribution is 2.36. The van der Waals surface area contributed by atoms with Gasteiger partial charge in [0.2, 0.25) is 0 Å². The number of nitrogens with two attached hydrogens (primary N) is 1. The summed E-state index contributed by atoms with van der Waals surface area (Å²) in [4.78, 5) is 2.13. The van der Waals surface area contributed by atoms with Gasteiger partial charge in [0.15, 0.2) is 11.5 Å². The Labute approximate surface area is 95.9 Å². The molecule has 1 aromatic carbocycles. The fraction of sp³-hybridized carbons (Fsp3) is 0.500. The molecule has 1 heterocycles. The van der Waals surface area contributed by atoms with Crippen LogP contribution < -0.4 is 20.1 Å². The number of rotatable bonds is 3. The quantitative estimate of drug-likeness (QED) is 0.833. The Bertz CT molecular complexity index is 380. The summed E-state index contributed by atoms with van der Waals surface area (Å²) >= 11 is 0. The summed E-state index contributed by atoms with van der Waals surface area (Å²) in [6.07, 6.45) is 0. The topological polar surface area (TPSA) is 47.7 Å². The van der Waals surface area contributed by atoms with Gasteiger partial charge in [-0.25, -0.2) is 0 Å². The van der Waals surface area contributed by atoms with E-state index >= 15 is 0 Å². The van der Waals surface area contributed by atoms with Gasteiger partial charge < -0.3 is 20.1 Å². The van der Waals surface area contributed by atoms with Gasteiger partial charge in [-0.05, 0) is 18.6 Å². The zero-order chi connectivity index (χ0) is 11.5. The van der Waals surface area contributed by atoms with Crippen LogP contribution in [0.4, 0.5) is 5.69 Å². The zero-order valence-corrected chi connectivity index (χ0v) is 9.82. The van der Waals surface area contributed by atoms with Gasteiger partial charge in [0.05, 0.1) is 0 Å². The third-order valence-corrected chi connectivity index (χ3v) is 2.74. The normalized spacial score (nSPS) is 13.7. The molecular formula is C12H18N2O2. The fourth-order valence-electron chi connectivity index (χ4n) is 1.91. The Morgan fingerprint density at radius 2 is 1.88 bits per heavy atom. The molecule has 0 saturated carbocycles. The summed E-state index contributed by atoms with van der Waals surface area (Å²) in [5.74, 6) is 1.67. The van der Waals surface area contributed by atoms with E-state index in [4.69, 9.17) is 15.2 Å². The molecule has 2 N–H and O–H groups in total. The molecular weight excluding hydrogens is 204 g/mol. The van der Waals surface area contributed by atoms with E-state index in [9.17, 15) is 0 Å². The molecule has 4 heteroatoms. The second-order valence-electron chi connectivity index (χ2n) is 3.99. The van der Waals surface area contributed by atoms with Gasteiger partial charge in [-0.15, -0.1) is 0 Å². The first-order chi connectivity index (χ1) is 7.72. The maximum Gasteiger partial charge on any atom is 0.163 e. The van der Waals surface area contributed by atoms with E-state index in [1.165, 1.54) is 5.56 Å². The molecule has 0 radical (unpaired) electrons. The zero-order valence-electron chi connectivity index (χ0n) is 9.82. The lowest BCUT2D eigenvalue weighted by molar-refractivity contribution is 0.171. The lowest BCUT2D eigenvalue weighted by atomic mass is 10.1. The van der Waals surface area contributed by atoms with Crippen LogP contribution in [0, 0.1) is 6.92 Å². The Kier molecular flexibility index (Phi) is 3.19. The van der Waals surface area contributed by atoms with Crippen LogP contribution in [0.5, 0.6) is 11.5 Å². The maximum absolute atomic E-state index is 5.56. The number of anilines is 1. The Morgan fingerprint density at radius 3 is 2.50 bits per heavy atom. The van der Waals surface area contributed by atoms with E-state index in [1.54, 1.807) is 0 Å². The number of hydrogen-bond acceptors (Lipinski definition) is 4. The molecule has 0 spiro atoms. The van der Waals surface area contributed by atoms with E-state index in [0.29, 0.717) is 19.8 Å². The first kappa shape index (κ1) is 11.1. The molecule has 0 aliphatic carbocycles. The third kappa shape index (κ3) is 2.07. The van der Waals surface area contributed by atoms with Gasteiger partial charge in [-0.2, -0.15) is 0 Å². The van der Waals surface area contributed by atoms with Crippen LogP contribution in [0.3, 0.4) is 0 Å². The summed E-state index contributed by atoms with van der Waals surface area (Å²) in [5.41, 5.74) is 7.89. The predicted octanol–water partition coefficient (Wildman–Crippen LogP) is 1.16. The van der Waals surface area contributed by atoms with E-state index in [1.807, 2.05) is 19.2 Å². The first-order valence-electron chi connectivity index (χ1n) is 5.54. The number of nitrogens with zero attached hydrogens (tertiary/aromatic N) is 1. The van der Waals surface area contributed by atoms with Gasteiger partial charge in [0, 0.05) is 31.9 Å². The molecule has 88 valence electrons. The predicted molar refractivity (Wildman–Crippen MR) is 64.5 cm³/mol. The van der Waals surface area contributed by atoms with Crippen molar-refractivity contribution in [2.24, 2.45) is 5.73 Å². The molecule has 0 fully saturated rings. The van der Waals surface area contributed by atoms with Crippen LogP contribution in [-0.4, -0.2) is 33.4 Å². The molecule has 0 atom stereocenters. The van der Waals surface area contributed by atoms with Crippen LogP contribution in [0.1, 0.15) is 5.56 Å². The standard InChI is InChI=1S/C12H18N2O2/c1-9-7-11-12(16-6-5-15-11)8-10(9)14(2)4-3-13/h7-8H,3-6,13H2,1-2H3.